The first-order chi connectivity index (χ1) is 37.3. The van der Waals surface area contributed by atoms with E-state index in [1.165, 1.54) is 19.3 Å². The molecule has 18 heteroatoms. The number of anilines is 3. The van der Waals surface area contributed by atoms with E-state index in [9.17, 15) is 28.8 Å². The Morgan fingerprint density at radius 3 is 2.27 bits per heavy atom. The molecule has 13 rings (SSSR count). The molecular formula is C59H71N11O7. The summed E-state index contributed by atoms with van der Waals surface area (Å²) in [6.45, 7) is 8.80. The van der Waals surface area contributed by atoms with Gasteiger partial charge in [-0.25, -0.2) is 9.97 Å². The van der Waals surface area contributed by atoms with Gasteiger partial charge >= 0.3 is 0 Å². The van der Waals surface area contributed by atoms with Crippen molar-refractivity contribution in [1.29, 1.82) is 0 Å². The third kappa shape index (κ3) is 8.86. The maximum Gasteiger partial charge on any atom is 0.264 e. The minimum atomic E-state index is -1.04. The molecule has 0 radical (unpaired) electrons. The number of imide groups is 2. The zero-order valence-electron chi connectivity index (χ0n) is 44.4. The third-order valence-electron chi connectivity index (χ3n) is 19.0. The molecule has 4 saturated heterocycles. The van der Waals surface area contributed by atoms with E-state index in [0.717, 1.165) is 89.5 Å². The molecule has 8 heterocycles. The molecule has 2 atom stereocenters. The molecule has 18 nitrogen and oxygen atoms in total. The number of hydrogen-bond donors (Lipinski definition) is 3. The molecule has 7 amide bonds. The minimum Gasteiger partial charge on any atom is -0.382 e. The van der Waals surface area contributed by atoms with Crippen LogP contribution in [0.5, 0.6) is 0 Å². The van der Waals surface area contributed by atoms with Gasteiger partial charge in [-0.3, -0.25) is 43.8 Å². The predicted molar refractivity (Wildman–Crippen MR) is 289 cm³/mol. The molecule has 77 heavy (non-hydrogen) atoms. The number of carbonyl (C=O) groups excluding carboxylic acids is 7. The van der Waals surface area contributed by atoms with Crippen LogP contribution in [0.25, 0.3) is 22.3 Å². The molecule has 6 aliphatic heterocycles. The Labute approximate surface area is 449 Å². The van der Waals surface area contributed by atoms with E-state index >= 15 is 4.79 Å². The molecule has 1 spiro atoms. The monoisotopic (exact) mass is 1050 g/mol. The van der Waals surface area contributed by atoms with Crippen LogP contribution in [0.15, 0.2) is 48.8 Å². The molecule has 3 aliphatic carbocycles. The van der Waals surface area contributed by atoms with Crippen molar-refractivity contribution in [3.63, 3.8) is 0 Å². The van der Waals surface area contributed by atoms with Gasteiger partial charge in [0.15, 0.2) is 5.82 Å². The number of hydrogen-bond acceptors (Lipinski definition) is 12. The van der Waals surface area contributed by atoms with Crippen molar-refractivity contribution in [3.8, 4) is 11.3 Å². The zero-order valence-corrected chi connectivity index (χ0v) is 44.4. The van der Waals surface area contributed by atoms with Gasteiger partial charge in [-0.15, -0.1) is 0 Å². The van der Waals surface area contributed by atoms with Crippen LogP contribution in [0.2, 0.25) is 0 Å². The van der Waals surface area contributed by atoms with Gasteiger partial charge in [0.05, 0.1) is 34.1 Å². The van der Waals surface area contributed by atoms with Crippen molar-refractivity contribution >= 4 is 69.6 Å². The highest BCUT2D eigenvalue weighted by Crippen LogP contribution is 2.52. The highest BCUT2D eigenvalue weighted by molar-refractivity contribution is 6.25. The summed E-state index contributed by atoms with van der Waals surface area (Å²) in [5, 5.41) is 9.43. The van der Waals surface area contributed by atoms with Crippen LogP contribution in [-0.2, 0) is 29.4 Å². The first-order valence-corrected chi connectivity index (χ1v) is 28.9. The van der Waals surface area contributed by atoms with E-state index in [-0.39, 0.29) is 71.7 Å². The molecule has 4 aromatic rings. The Hall–Kier alpha value is -6.69. The lowest BCUT2D eigenvalue weighted by molar-refractivity contribution is -0.137. The van der Waals surface area contributed by atoms with Gasteiger partial charge < -0.3 is 34.8 Å². The number of nitrogens with zero attached hydrogens (tertiary/aromatic N) is 8. The standard InChI is InChI=1S/C59H71N11O7/c1-34(2)68-33-60-46-31-45(63-53(52(46)68)62-39-14-15-39)37-11-16-43-48(28-37)69(41-29-40(30-41)65-22-4-3-5-23-65)58(77)59(43)20-25-66(26-21-59)50(72)27-35-19-24-67(32-35)55(74)36-9-12-38(13-10-36)61-44-8-6-7-42-51(44)57(76)70(56(42)75)47-17-18-49(71)64-54(47)73/h6-8,11,16,28,31,33-36,38-41,47,61H,3-5,9-10,12-15,17-27,29-30,32H2,1-2H3,(H,62,63)(H,64,71,73)/t35-,36?,38?,40?,41?,47?/m0/s1. The SMILES string of the molecule is CC(C)n1cnc2cc(-c3ccc4c(c3)N(C3CC(N5CCCCC5)C3)C(=O)C43CCN(C(=O)C[C@@H]4CCN(C(=O)C5CCC(Nc6cccc7c6C(=O)N(C6CCC(=O)NC6=O)C7=O)CC5)C4)CC3)nc(NC3CC3)c21. The normalized spacial score (nSPS) is 27.4. The minimum absolute atomic E-state index is 0.0173. The van der Waals surface area contributed by atoms with E-state index in [1.54, 1.807) is 18.2 Å². The fourth-order valence-corrected chi connectivity index (χ4v) is 14.4. The summed E-state index contributed by atoms with van der Waals surface area (Å²) in [6.07, 6.45) is 15.1. The van der Waals surface area contributed by atoms with Crippen molar-refractivity contribution in [2.75, 3.05) is 54.8 Å². The molecule has 2 aromatic heterocycles. The van der Waals surface area contributed by atoms with Crippen molar-refractivity contribution in [1.82, 2.24) is 39.5 Å². The largest absolute Gasteiger partial charge is 0.382 e. The molecule has 7 fully saturated rings. The lowest BCUT2D eigenvalue weighted by Crippen LogP contribution is -2.58. The van der Waals surface area contributed by atoms with Gasteiger partial charge in [0.25, 0.3) is 11.8 Å². The number of likely N-dealkylation sites (tertiary alicyclic amines) is 3. The van der Waals surface area contributed by atoms with Gasteiger partial charge in [-0.05, 0) is 153 Å². The Kier molecular flexibility index (Phi) is 12.7. The number of carbonyl (C=O) groups is 7. The van der Waals surface area contributed by atoms with Crippen LogP contribution >= 0.6 is 0 Å². The average Bonchev–Trinajstić information content (AvgIpc) is 3.76. The molecular weight excluding hydrogens is 975 g/mol. The number of piperidine rings is 3. The maximum atomic E-state index is 15.2. The van der Waals surface area contributed by atoms with E-state index in [2.05, 4.69) is 68.4 Å². The molecule has 404 valence electrons. The van der Waals surface area contributed by atoms with Gasteiger partial charge in [-0.1, -0.05) is 24.6 Å². The lowest BCUT2D eigenvalue weighted by atomic mass is 9.73. The molecule has 1 unspecified atom stereocenters. The highest BCUT2D eigenvalue weighted by atomic mass is 16.2. The van der Waals surface area contributed by atoms with E-state index in [4.69, 9.17) is 9.97 Å². The van der Waals surface area contributed by atoms with Crippen LogP contribution in [0.1, 0.15) is 155 Å². The Bertz CT molecular complexity index is 3080. The Balaban J connectivity index is 0.643. The number of benzene rings is 2. The van der Waals surface area contributed by atoms with E-state index in [0.29, 0.717) is 88.9 Å². The second-order valence-corrected chi connectivity index (χ2v) is 24.1. The summed E-state index contributed by atoms with van der Waals surface area (Å²) in [7, 11) is 0. The smallest absolute Gasteiger partial charge is 0.264 e. The summed E-state index contributed by atoms with van der Waals surface area (Å²) in [6, 6.07) is 13.9. The van der Waals surface area contributed by atoms with Crippen LogP contribution in [0.3, 0.4) is 0 Å². The number of fused-ring (bicyclic) bond motifs is 4. The Morgan fingerprint density at radius 1 is 0.779 bits per heavy atom. The van der Waals surface area contributed by atoms with Gasteiger partial charge in [0.2, 0.25) is 29.5 Å². The molecule has 0 bridgehead atoms. The van der Waals surface area contributed by atoms with Gasteiger partial charge in [0.1, 0.15) is 11.6 Å². The quantitative estimate of drug-likeness (QED) is 0.126. The summed E-state index contributed by atoms with van der Waals surface area (Å²) in [4.78, 5) is 115. The van der Waals surface area contributed by atoms with Crippen molar-refractivity contribution in [2.45, 2.75) is 165 Å². The fourth-order valence-electron chi connectivity index (χ4n) is 14.4. The number of pyridine rings is 1. The molecule has 9 aliphatic rings. The van der Waals surface area contributed by atoms with Crippen LogP contribution in [0.4, 0.5) is 17.2 Å². The maximum absolute atomic E-state index is 15.2. The number of imidazole rings is 1. The summed E-state index contributed by atoms with van der Waals surface area (Å²) in [5.41, 5.74) is 6.10. The Morgan fingerprint density at radius 2 is 1.53 bits per heavy atom. The predicted octanol–water partition coefficient (Wildman–Crippen LogP) is 6.79. The number of rotatable bonds is 12. The molecule has 3 saturated carbocycles. The number of nitrogens with one attached hydrogen (secondary N) is 3. The van der Waals surface area contributed by atoms with Crippen molar-refractivity contribution < 1.29 is 33.6 Å². The topological polar surface area (TPSA) is 202 Å². The second-order valence-electron chi connectivity index (χ2n) is 24.1. The van der Waals surface area contributed by atoms with Crippen LogP contribution in [-0.4, -0.2) is 145 Å². The van der Waals surface area contributed by atoms with E-state index < -0.39 is 35.1 Å². The van der Waals surface area contributed by atoms with E-state index in [1.807, 2.05) is 16.1 Å². The van der Waals surface area contributed by atoms with Gasteiger partial charge in [0, 0.05) is 92.1 Å². The van der Waals surface area contributed by atoms with Crippen LogP contribution in [0, 0.1) is 11.8 Å². The number of aromatic nitrogens is 3. The third-order valence-corrected chi connectivity index (χ3v) is 19.0. The average molecular weight is 1050 g/mol. The fraction of sp³-hybridized carbons (Fsp3) is 0.576. The summed E-state index contributed by atoms with van der Waals surface area (Å²) in [5.74, 6) is -0.952. The first kappa shape index (κ1) is 49.9. The van der Waals surface area contributed by atoms with Gasteiger partial charge in [-0.2, -0.15) is 0 Å². The molecule has 3 N–H and O–H groups in total. The first-order valence-electron chi connectivity index (χ1n) is 28.9. The van der Waals surface area contributed by atoms with Crippen molar-refractivity contribution in [3.05, 3.63) is 65.5 Å². The summed E-state index contributed by atoms with van der Waals surface area (Å²) >= 11 is 0. The van der Waals surface area contributed by atoms with Crippen molar-refractivity contribution in [2.24, 2.45) is 11.8 Å². The number of amides is 7. The highest BCUT2D eigenvalue weighted by Gasteiger charge is 2.56. The lowest BCUT2D eigenvalue weighted by Gasteiger charge is -2.48. The van der Waals surface area contributed by atoms with Crippen LogP contribution < -0.4 is 20.9 Å². The molecule has 2 aromatic carbocycles. The summed E-state index contributed by atoms with van der Waals surface area (Å²) < 4.78 is 2.19. The second kappa shape index (κ2) is 19.6. The zero-order chi connectivity index (χ0) is 52.9.